The van der Waals surface area contributed by atoms with E-state index < -0.39 is 0 Å². The molecular formula is C54H32. The zero-order chi connectivity index (χ0) is 35.3. The lowest BCUT2D eigenvalue weighted by molar-refractivity contribution is 1.67. The molecule has 0 nitrogen and oxygen atoms in total. The standard InChI is InChI=1S/C54H32/c1-3-16-36-33(13-1)15-11-24-37(36)35-27-28-49-51(32-35)54(50-31-34-14-2-4-17-38(34)39-18-5-8-21-42(39)50)45-23-10-9-22-44(45)53(49)48-30-29-47-41-20-7-6-19-40(41)43-25-12-26-46(48)52(43)47/h1-32H. The van der Waals surface area contributed by atoms with Crippen LogP contribution in [0.4, 0.5) is 0 Å². The largest absolute Gasteiger partial charge is 0.0616 e. The van der Waals surface area contributed by atoms with Crippen LogP contribution >= 0.6 is 0 Å². The topological polar surface area (TPSA) is 0 Å². The fraction of sp³-hybridized carbons (Fsp3) is 0. The molecule has 0 heterocycles. The van der Waals surface area contributed by atoms with E-state index in [4.69, 9.17) is 0 Å². The summed E-state index contributed by atoms with van der Waals surface area (Å²) in [6.45, 7) is 0. The van der Waals surface area contributed by atoms with E-state index in [2.05, 4.69) is 194 Å². The summed E-state index contributed by atoms with van der Waals surface area (Å²) in [5.41, 5.74) is 12.9. The molecule has 0 spiro atoms. The van der Waals surface area contributed by atoms with Crippen molar-refractivity contribution >= 4 is 64.6 Å². The Morgan fingerprint density at radius 1 is 0.204 bits per heavy atom. The summed E-state index contributed by atoms with van der Waals surface area (Å²) < 4.78 is 0. The van der Waals surface area contributed by atoms with Gasteiger partial charge in [-0.3, -0.25) is 0 Å². The maximum Gasteiger partial charge on any atom is -0.00197 e. The van der Waals surface area contributed by atoms with Crippen LogP contribution in [0.1, 0.15) is 0 Å². The first kappa shape index (κ1) is 29.5. The quantitative estimate of drug-likeness (QED) is 0.129. The molecule has 1 aliphatic carbocycles. The second kappa shape index (κ2) is 11.2. The molecule has 0 heteroatoms. The molecule has 0 atom stereocenters. The molecule has 0 amide bonds. The summed E-state index contributed by atoms with van der Waals surface area (Å²) in [7, 11) is 0. The Morgan fingerprint density at radius 3 is 1.50 bits per heavy atom. The second-order valence-corrected chi connectivity index (χ2v) is 14.7. The first-order valence-corrected chi connectivity index (χ1v) is 18.9. The molecule has 0 radical (unpaired) electrons. The van der Waals surface area contributed by atoms with Crippen LogP contribution < -0.4 is 0 Å². The van der Waals surface area contributed by atoms with Crippen LogP contribution in [0.2, 0.25) is 0 Å². The highest BCUT2D eigenvalue weighted by Crippen LogP contribution is 2.53. The van der Waals surface area contributed by atoms with E-state index >= 15 is 0 Å². The van der Waals surface area contributed by atoms with Gasteiger partial charge in [-0.15, -0.1) is 0 Å². The van der Waals surface area contributed by atoms with Crippen molar-refractivity contribution in [1.82, 2.24) is 0 Å². The minimum absolute atomic E-state index is 1.22. The van der Waals surface area contributed by atoms with E-state index in [1.807, 2.05) is 0 Å². The Morgan fingerprint density at radius 2 is 0.704 bits per heavy atom. The number of hydrogen-bond acceptors (Lipinski definition) is 0. The summed E-state index contributed by atoms with van der Waals surface area (Å²) in [6.07, 6.45) is 0. The molecule has 0 aromatic heterocycles. The minimum Gasteiger partial charge on any atom is -0.0616 e. The molecule has 0 saturated carbocycles. The Balaban J connectivity index is 1.26. The average Bonchev–Trinajstić information content (AvgIpc) is 3.57. The number of hydrogen-bond donors (Lipinski definition) is 0. The summed E-state index contributed by atoms with van der Waals surface area (Å²) in [5, 5.41) is 15.3. The fourth-order valence-corrected chi connectivity index (χ4v) is 9.69. The predicted molar refractivity (Wildman–Crippen MR) is 232 cm³/mol. The molecule has 54 heavy (non-hydrogen) atoms. The van der Waals surface area contributed by atoms with Crippen molar-refractivity contribution in [1.29, 1.82) is 0 Å². The second-order valence-electron chi connectivity index (χ2n) is 14.7. The third-order valence-electron chi connectivity index (χ3n) is 12.0. The van der Waals surface area contributed by atoms with Crippen LogP contribution in [0.25, 0.3) is 120 Å². The van der Waals surface area contributed by atoms with Gasteiger partial charge in [0.25, 0.3) is 0 Å². The van der Waals surface area contributed by atoms with E-state index in [9.17, 15) is 0 Å². The SMILES string of the molecule is c1ccc2c(c1)-c1cccc3c(-c4c5ccccc5c(-c5cc6ccccc6c6ccccc56)c5cc(-c6cccc7ccccc67)ccc45)ccc-2c13. The van der Waals surface area contributed by atoms with Crippen molar-refractivity contribution in [2.45, 2.75) is 0 Å². The van der Waals surface area contributed by atoms with Crippen LogP contribution in [-0.4, -0.2) is 0 Å². The molecule has 0 unspecified atom stereocenters. The molecule has 0 aliphatic heterocycles. The average molecular weight is 681 g/mol. The van der Waals surface area contributed by atoms with Crippen molar-refractivity contribution in [3.8, 4) is 55.6 Å². The van der Waals surface area contributed by atoms with Gasteiger partial charge < -0.3 is 0 Å². The van der Waals surface area contributed by atoms with Gasteiger partial charge in [-0.25, -0.2) is 0 Å². The van der Waals surface area contributed by atoms with Crippen LogP contribution in [0.5, 0.6) is 0 Å². The lowest BCUT2D eigenvalue weighted by Gasteiger charge is -2.21. The summed E-state index contributed by atoms with van der Waals surface area (Å²) in [4.78, 5) is 0. The maximum atomic E-state index is 2.47. The number of benzene rings is 11. The first-order chi connectivity index (χ1) is 26.8. The molecule has 248 valence electrons. The minimum atomic E-state index is 1.22. The zero-order valence-electron chi connectivity index (χ0n) is 29.5. The Labute approximate surface area is 313 Å². The molecule has 0 fully saturated rings. The van der Waals surface area contributed by atoms with E-state index in [0.717, 1.165) is 0 Å². The lowest BCUT2D eigenvalue weighted by Crippen LogP contribution is -1.94. The van der Waals surface area contributed by atoms with E-state index in [0.29, 0.717) is 0 Å². The first-order valence-electron chi connectivity index (χ1n) is 18.9. The van der Waals surface area contributed by atoms with Crippen LogP contribution in [0.3, 0.4) is 0 Å². The van der Waals surface area contributed by atoms with E-state index in [1.54, 1.807) is 0 Å². The van der Waals surface area contributed by atoms with Gasteiger partial charge in [0.05, 0.1) is 0 Å². The Bertz CT molecular complexity index is 3350. The smallest absolute Gasteiger partial charge is 0.00197 e. The van der Waals surface area contributed by atoms with Gasteiger partial charge in [0, 0.05) is 0 Å². The highest BCUT2D eigenvalue weighted by Gasteiger charge is 2.25. The fourth-order valence-electron chi connectivity index (χ4n) is 9.69. The highest BCUT2D eigenvalue weighted by atomic mass is 14.3. The molecule has 0 saturated heterocycles. The molecule has 1 aliphatic rings. The van der Waals surface area contributed by atoms with Gasteiger partial charge in [0.2, 0.25) is 0 Å². The summed E-state index contributed by atoms with van der Waals surface area (Å²) in [5.74, 6) is 0. The Kier molecular flexibility index (Phi) is 6.15. The lowest BCUT2D eigenvalue weighted by atomic mass is 9.81. The van der Waals surface area contributed by atoms with Gasteiger partial charge in [-0.05, 0) is 132 Å². The monoisotopic (exact) mass is 680 g/mol. The van der Waals surface area contributed by atoms with E-state index in [-0.39, 0.29) is 0 Å². The van der Waals surface area contributed by atoms with Crippen molar-refractivity contribution in [3.05, 3.63) is 194 Å². The summed E-state index contributed by atoms with van der Waals surface area (Å²) in [6, 6.07) is 72.4. The molecule has 11 aromatic rings. The zero-order valence-corrected chi connectivity index (χ0v) is 29.5. The predicted octanol–water partition coefficient (Wildman–Crippen LogP) is 15.3. The Hall–Kier alpha value is -7.02. The normalized spacial score (nSPS) is 12.1. The van der Waals surface area contributed by atoms with Gasteiger partial charge >= 0.3 is 0 Å². The van der Waals surface area contributed by atoms with Crippen molar-refractivity contribution in [3.63, 3.8) is 0 Å². The molecule has 11 aromatic carbocycles. The van der Waals surface area contributed by atoms with Crippen molar-refractivity contribution in [2.24, 2.45) is 0 Å². The number of rotatable bonds is 3. The van der Waals surface area contributed by atoms with Gasteiger partial charge in [0.1, 0.15) is 0 Å². The highest BCUT2D eigenvalue weighted by molar-refractivity contribution is 6.29. The van der Waals surface area contributed by atoms with E-state index in [1.165, 1.54) is 120 Å². The summed E-state index contributed by atoms with van der Waals surface area (Å²) >= 11 is 0. The van der Waals surface area contributed by atoms with Crippen molar-refractivity contribution < 1.29 is 0 Å². The van der Waals surface area contributed by atoms with Gasteiger partial charge in [-0.1, -0.05) is 182 Å². The number of fused-ring (bicyclic) bond motifs is 9. The molecule has 0 bridgehead atoms. The maximum absolute atomic E-state index is 2.47. The third-order valence-corrected chi connectivity index (χ3v) is 12.0. The van der Waals surface area contributed by atoms with Gasteiger partial charge in [-0.2, -0.15) is 0 Å². The van der Waals surface area contributed by atoms with Crippen LogP contribution in [0.15, 0.2) is 194 Å². The van der Waals surface area contributed by atoms with Crippen LogP contribution in [-0.2, 0) is 0 Å². The third kappa shape index (κ3) is 4.08. The molecule has 12 rings (SSSR count). The van der Waals surface area contributed by atoms with Crippen LogP contribution in [0, 0.1) is 0 Å². The molecular weight excluding hydrogens is 649 g/mol. The molecule has 0 N–H and O–H groups in total. The van der Waals surface area contributed by atoms with Crippen molar-refractivity contribution in [2.75, 3.05) is 0 Å². The van der Waals surface area contributed by atoms with Gasteiger partial charge in [0.15, 0.2) is 0 Å².